The Morgan fingerprint density at radius 3 is 2.06 bits per heavy atom. The van der Waals surface area contributed by atoms with Crippen molar-refractivity contribution in [2.45, 2.75) is 78.7 Å². The third kappa shape index (κ3) is 9.23. The number of aldehydes is 1. The molecule has 0 radical (unpaired) electrons. The summed E-state index contributed by atoms with van der Waals surface area (Å²) in [5.41, 5.74) is 0.977. The molecule has 5 aromatic heterocycles. The van der Waals surface area contributed by atoms with Gasteiger partial charge in [-0.3, -0.25) is 28.6 Å². The van der Waals surface area contributed by atoms with E-state index in [9.17, 15) is 19.2 Å². The molecule has 0 aliphatic carbocycles. The molecule has 2 aliphatic rings. The van der Waals surface area contributed by atoms with Gasteiger partial charge in [-0.05, 0) is 59.6 Å². The Labute approximate surface area is 311 Å². The summed E-state index contributed by atoms with van der Waals surface area (Å²) in [6.45, 7) is 13.3. The highest BCUT2D eigenvalue weighted by molar-refractivity contribution is 5.75. The molecule has 0 bridgehead atoms. The molecule has 0 aromatic carbocycles. The summed E-state index contributed by atoms with van der Waals surface area (Å²) in [6.07, 6.45) is 6.94. The van der Waals surface area contributed by atoms with Crippen molar-refractivity contribution in [1.29, 1.82) is 0 Å². The minimum atomic E-state index is -0.607. The third-order valence-corrected chi connectivity index (χ3v) is 9.03. The largest absolute Gasteiger partial charge is 0.486 e. The number of hydrogen-bond acceptors (Lipinski definition) is 13. The molecule has 16 heteroatoms. The van der Waals surface area contributed by atoms with Crippen LogP contribution in [0.3, 0.4) is 0 Å². The van der Waals surface area contributed by atoms with Crippen LogP contribution in [0.15, 0.2) is 58.5 Å². The fourth-order valence-electron chi connectivity index (χ4n) is 6.39. The lowest BCUT2D eigenvalue weighted by Crippen LogP contribution is -2.49. The number of nitrogens with zero attached hydrogens (tertiary/aromatic N) is 9. The van der Waals surface area contributed by atoms with Gasteiger partial charge in [0.25, 0.3) is 11.1 Å². The van der Waals surface area contributed by atoms with Crippen molar-refractivity contribution in [3.8, 4) is 11.5 Å². The van der Waals surface area contributed by atoms with Gasteiger partial charge >= 0.3 is 6.09 Å². The summed E-state index contributed by atoms with van der Waals surface area (Å²) in [7, 11) is 0. The highest BCUT2D eigenvalue weighted by atomic mass is 16.6. The number of carbonyl (C=O) groups is 2. The minimum Gasteiger partial charge on any atom is -0.486 e. The molecular formula is C38H45N9O7. The van der Waals surface area contributed by atoms with Crippen LogP contribution >= 0.6 is 0 Å². The third-order valence-electron chi connectivity index (χ3n) is 9.03. The van der Waals surface area contributed by atoms with Gasteiger partial charge in [-0.2, -0.15) is 0 Å². The van der Waals surface area contributed by atoms with E-state index in [2.05, 4.69) is 29.8 Å². The predicted octanol–water partition coefficient (Wildman–Crippen LogP) is 3.47. The zero-order chi connectivity index (χ0) is 38.4. The second-order valence-corrected chi connectivity index (χ2v) is 14.2. The van der Waals surface area contributed by atoms with Gasteiger partial charge in [0.15, 0.2) is 11.5 Å². The fraction of sp³-hybridized carbons (Fsp3) is 0.447. The Morgan fingerprint density at radius 1 is 0.852 bits per heavy atom. The zero-order valence-electron chi connectivity index (χ0n) is 31.2. The normalized spacial score (nSPS) is 14.7. The number of piperidine rings is 1. The minimum absolute atomic E-state index is 0.00164. The molecular weight excluding hydrogens is 694 g/mol. The number of hydrogen-bond donors (Lipinski definition) is 0. The van der Waals surface area contributed by atoms with Crippen LogP contribution in [0.25, 0.3) is 22.1 Å². The fourth-order valence-corrected chi connectivity index (χ4v) is 6.39. The van der Waals surface area contributed by atoms with Gasteiger partial charge in [0.2, 0.25) is 0 Å². The van der Waals surface area contributed by atoms with Crippen LogP contribution in [0, 0.1) is 13.8 Å². The number of pyridine rings is 3. The first-order valence-corrected chi connectivity index (χ1v) is 17.9. The maximum Gasteiger partial charge on any atom is 0.410 e. The Hall–Kier alpha value is -5.77. The molecule has 284 valence electrons. The van der Waals surface area contributed by atoms with Gasteiger partial charge in [0, 0.05) is 73.6 Å². The Balaban J connectivity index is 0.000000276. The van der Waals surface area contributed by atoms with Crippen LogP contribution in [0.1, 0.15) is 51.0 Å². The highest BCUT2D eigenvalue weighted by Gasteiger charge is 2.32. The summed E-state index contributed by atoms with van der Waals surface area (Å²) in [5.74, 6) is 2.48. The number of carbonyl (C=O) groups excluding carboxylic acids is 2. The number of ether oxygens (including phenoxy) is 3. The second-order valence-electron chi connectivity index (χ2n) is 14.2. The van der Waals surface area contributed by atoms with Crippen LogP contribution < -0.4 is 20.6 Å². The van der Waals surface area contributed by atoms with E-state index in [1.807, 2.05) is 33.8 Å². The first-order valence-electron chi connectivity index (χ1n) is 17.9. The molecule has 54 heavy (non-hydrogen) atoms. The van der Waals surface area contributed by atoms with Gasteiger partial charge in [0.1, 0.15) is 48.0 Å². The van der Waals surface area contributed by atoms with Crippen molar-refractivity contribution in [2.24, 2.45) is 0 Å². The van der Waals surface area contributed by atoms with Gasteiger partial charge in [0.05, 0.1) is 25.0 Å². The van der Waals surface area contributed by atoms with E-state index in [4.69, 9.17) is 14.2 Å². The van der Waals surface area contributed by atoms with Crippen molar-refractivity contribution in [3.63, 3.8) is 0 Å². The quantitative estimate of drug-likeness (QED) is 0.212. The summed E-state index contributed by atoms with van der Waals surface area (Å²) < 4.78 is 20.1. The number of likely N-dealkylation sites (tertiary alicyclic amines) is 1. The summed E-state index contributed by atoms with van der Waals surface area (Å²) in [4.78, 5) is 73.4. The molecule has 0 atom stereocenters. The van der Waals surface area contributed by atoms with Crippen molar-refractivity contribution in [3.05, 3.63) is 87.0 Å². The van der Waals surface area contributed by atoms with Crippen molar-refractivity contribution < 1.29 is 23.8 Å². The molecule has 7 heterocycles. The van der Waals surface area contributed by atoms with E-state index in [-0.39, 0.29) is 29.8 Å². The lowest BCUT2D eigenvalue weighted by molar-refractivity contribution is -0.108. The van der Waals surface area contributed by atoms with Crippen molar-refractivity contribution in [1.82, 2.24) is 43.9 Å². The topological polar surface area (TPSA) is 177 Å². The number of aryl methyl sites for hydroxylation is 2. The summed E-state index contributed by atoms with van der Waals surface area (Å²) in [5, 5.41) is 1.60. The van der Waals surface area contributed by atoms with E-state index in [0.717, 1.165) is 42.4 Å². The molecule has 16 nitrogen and oxygen atoms in total. The van der Waals surface area contributed by atoms with E-state index >= 15 is 0 Å². The Kier molecular flexibility index (Phi) is 11.6. The maximum atomic E-state index is 13.3. The van der Waals surface area contributed by atoms with Gasteiger partial charge < -0.3 is 23.9 Å². The standard InChI is InChI=1S/C28H36N6O5.C10H9N3O2/c1-19-29-16-20-5-6-25(35)33(26(20)31-19)12-11-32-9-7-22(8-10-32)34(27(36)39-28(2,3)4)18-21-15-23-24(17-30-21)38-14-13-37-23;1-7-11-6-8-2-3-9(15)13(4-5-14)10(8)12-7/h5-6,15-17,22H,7-14,18H2,1-4H3;2-3,5-6H,4H2,1H3. The molecule has 1 amide bonds. The van der Waals surface area contributed by atoms with E-state index in [1.54, 1.807) is 53.2 Å². The van der Waals surface area contributed by atoms with Crippen LogP contribution in [-0.2, 0) is 29.2 Å². The molecule has 1 fully saturated rings. The first kappa shape index (κ1) is 38.0. The lowest BCUT2D eigenvalue weighted by Gasteiger charge is -2.39. The summed E-state index contributed by atoms with van der Waals surface area (Å²) >= 11 is 0. The Bertz CT molecular complexity index is 2260. The average Bonchev–Trinajstić information content (AvgIpc) is 3.14. The molecule has 5 aromatic rings. The number of amides is 1. The second kappa shape index (κ2) is 16.5. The SMILES string of the molecule is Cc1ncc2ccc(=O)n(CC=O)c2n1.Cc1ncc2ccc(=O)n(CCN3CCC(N(Cc4cc5c(cn4)OCCO5)C(=O)OC(C)(C)C)CC3)c2n1. The number of aromatic nitrogens is 7. The predicted molar refractivity (Wildman–Crippen MR) is 200 cm³/mol. The van der Waals surface area contributed by atoms with Gasteiger partial charge in [-0.25, -0.2) is 24.7 Å². The van der Waals surface area contributed by atoms with Crippen LogP contribution in [0.2, 0.25) is 0 Å². The first-order chi connectivity index (χ1) is 25.9. The lowest BCUT2D eigenvalue weighted by atomic mass is 10.0. The van der Waals surface area contributed by atoms with E-state index in [1.165, 1.54) is 10.6 Å². The van der Waals surface area contributed by atoms with Crippen LogP contribution in [0.5, 0.6) is 11.5 Å². The maximum absolute atomic E-state index is 13.3. The van der Waals surface area contributed by atoms with Gasteiger partial charge in [-0.1, -0.05) is 0 Å². The molecule has 0 unspecified atom stereocenters. The van der Waals surface area contributed by atoms with E-state index < -0.39 is 5.60 Å². The number of fused-ring (bicyclic) bond motifs is 3. The van der Waals surface area contributed by atoms with E-state index in [0.29, 0.717) is 73.6 Å². The smallest absolute Gasteiger partial charge is 0.410 e. The molecule has 0 saturated carbocycles. The molecule has 0 spiro atoms. The van der Waals surface area contributed by atoms with Crippen LogP contribution in [0.4, 0.5) is 4.79 Å². The zero-order valence-corrected chi connectivity index (χ0v) is 31.2. The molecule has 2 aliphatic heterocycles. The summed E-state index contributed by atoms with van der Waals surface area (Å²) in [6, 6.07) is 8.23. The van der Waals surface area contributed by atoms with Crippen molar-refractivity contribution >= 4 is 34.4 Å². The molecule has 1 saturated heterocycles. The Morgan fingerprint density at radius 2 is 1.44 bits per heavy atom. The van der Waals surface area contributed by atoms with Crippen LogP contribution in [-0.4, -0.2) is 101 Å². The number of rotatable bonds is 8. The van der Waals surface area contributed by atoms with Crippen molar-refractivity contribution in [2.75, 3.05) is 32.8 Å². The average molecular weight is 740 g/mol. The van der Waals surface area contributed by atoms with Gasteiger partial charge in [-0.15, -0.1) is 0 Å². The molecule has 0 N–H and O–H groups in total. The monoisotopic (exact) mass is 739 g/mol. The highest BCUT2D eigenvalue weighted by Crippen LogP contribution is 2.30. The molecule has 7 rings (SSSR count).